The minimum atomic E-state index is -1.32. The van der Waals surface area contributed by atoms with Gasteiger partial charge in [0.05, 0.1) is 19.3 Å². The van der Waals surface area contributed by atoms with Crippen LogP contribution in [0, 0.1) is 0 Å². The third kappa shape index (κ3) is 20.0. The van der Waals surface area contributed by atoms with Crippen LogP contribution >= 0.6 is 0 Å². The number of unbranched alkanes of at least 4 members (excludes halogenated alkanes) is 13. The number of aliphatic hydroxyl groups excluding tert-OH is 2. The summed E-state index contributed by atoms with van der Waals surface area (Å²) in [6.45, 7) is 2.20. The third-order valence-electron chi connectivity index (χ3n) is 4.40. The zero-order chi connectivity index (χ0) is 18.6. The van der Waals surface area contributed by atoms with Crippen molar-refractivity contribution in [3.8, 4) is 0 Å². The Morgan fingerprint density at radius 2 is 1.16 bits per heavy atom. The fourth-order valence-electron chi connectivity index (χ4n) is 2.77. The van der Waals surface area contributed by atoms with E-state index in [2.05, 4.69) is 6.92 Å². The molecule has 1 atom stereocenters. The normalized spacial score (nSPS) is 12.5. The summed E-state index contributed by atoms with van der Waals surface area (Å²) in [5.41, 5.74) is 0. The van der Waals surface area contributed by atoms with Gasteiger partial charge in [0.2, 0.25) is 0 Å². The molecule has 0 aromatic rings. The molecule has 0 aromatic heterocycles. The quantitative estimate of drug-likeness (QED) is 0.227. The topological polar surface area (TPSA) is 79.2 Å². The highest BCUT2D eigenvalue weighted by molar-refractivity contribution is 6.34. The van der Waals surface area contributed by atoms with Gasteiger partial charge < -0.3 is 24.5 Å². The molecule has 0 saturated heterocycles. The Labute approximate surface area is 155 Å². The van der Waals surface area contributed by atoms with Gasteiger partial charge in [0.15, 0.2) is 0 Å². The van der Waals surface area contributed by atoms with Crippen LogP contribution in [0.2, 0.25) is 0 Å². The molecule has 0 aliphatic rings. The van der Waals surface area contributed by atoms with Crippen LogP contribution in [-0.2, 0) is 9.31 Å². The van der Waals surface area contributed by atoms with Crippen molar-refractivity contribution in [1.29, 1.82) is 0 Å². The van der Waals surface area contributed by atoms with Crippen LogP contribution in [0.4, 0.5) is 0 Å². The van der Waals surface area contributed by atoms with Crippen molar-refractivity contribution in [3.05, 3.63) is 0 Å². The maximum atomic E-state index is 9.36. The number of aliphatic hydroxyl groups is 2. The van der Waals surface area contributed by atoms with E-state index in [-0.39, 0.29) is 13.2 Å². The Balaban J connectivity index is 3.11. The first kappa shape index (κ1) is 24.9. The first-order valence-corrected chi connectivity index (χ1v) is 10.4. The lowest BCUT2D eigenvalue weighted by molar-refractivity contribution is 0.0282. The second-order valence-electron chi connectivity index (χ2n) is 6.94. The summed E-state index contributed by atoms with van der Waals surface area (Å²) in [5.74, 6) is 0. The molecule has 6 heteroatoms. The molecule has 0 spiro atoms. The minimum absolute atomic E-state index is 0.129. The van der Waals surface area contributed by atoms with Gasteiger partial charge in [-0.2, -0.15) is 0 Å². The Kier molecular flexibility index (Phi) is 20.1. The van der Waals surface area contributed by atoms with Crippen LogP contribution in [-0.4, -0.2) is 48.5 Å². The van der Waals surface area contributed by atoms with Crippen molar-refractivity contribution in [2.24, 2.45) is 0 Å². The lowest BCUT2D eigenvalue weighted by Crippen LogP contribution is -2.29. The summed E-state index contributed by atoms with van der Waals surface area (Å²) in [5, 5.41) is 27.0. The Morgan fingerprint density at radius 3 is 1.60 bits per heavy atom. The largest absolute Gasteiger partial charge is 0.636 e. The zero-order valence-electron chi connectivity index (χ0n) is 16.3. The van der Waals surface area contributed by atoms with Gasteiger partial charge in [0.25, 0.3) is 0 Å². The highest BCUT2D eigenvalue weighted by Gasteiger charge is 2.16. The lowest BCUT2D eigenvalue weighted by Gasteiger charge is -2.11. The molecule has 0 saturated carbocycles. The average molecular weight is 360 g/mol. The standard InChI is InChI=1S/C19H41BO5/c1-2-3-4-5-6-7-8-9-10-11-12-13-14-15-16-24-20(23)25-18-19(22)17-21/h19,21-23H,2-18H2,1H3. The molecule has 0 rings (SSSR count). The summed E-state index contributed by atoms with van der Waals surface area (Å²) < 4.78 is 9.92. The molecule has 3 N–H and O–H groups in total. The van der Waals surface area contributed by atoms with Gasteiger partial charge in [-0.3, -0.25) is 0 Å². The van der Waals surface area contributed by atoms with Crippen LogP contribution in [0.15, 0.2) is 0 Å². The molecular weight excluding hydrogens is 319 g/mol. The number of hydrogen-bond acceptors (Lipinski definition) is 5. The molecule has 0 aromatic carbocycles. The molecule has 0 bridgehead atoms. The van der Waals surface area contributed by atoms with E-state index in [1.165, 1.54) is 77.0 Å². The highest BCUT2D eigenvalue weighted by atomic mass is 16.7. The van der Waals surface area contributed by atoms with Gasteiger partial charge >= 0.3 is 7.32 Å². The van der Waals surface area contributed by atoms with E-state index < -0.39 is 13.4 Å². The van der Waals surface area contributed by atoms with Crippen molar-refractivity contribution < 1.29 is 24.5 Å². The maximum Gasteiger partial charge on any atom is 0.636 e. The maximum absolute atomic E-state index is 9.36. The molecule has 0 amide bonds. The van der Waals surface area contributed by atoms with E-state index in [1.807, 2.05) is 0 Å². The van der Waals surface area contributed by atoms with Crippen molar-refractivity contribution in [1.82, 2.24) is 0 Å². The summed E-state index contributed by atoms with van der Waals surface area (Å²) >= 11 is 0. The van der Waals surface area contributed by atoms with Crippen LogP contribution < -0.4 is 0 Å². The van der Waals surface area contributed by atoms with E-state index in [1.54, 1.807) is 0 Å². The minimum Gasteiger partial charge on any atom is -0.402 e. The molecule has 0 heterocycles. The van der Waals surface area contributed by atoms with Crippen LogP contribution in [0.25, 0.3) is 0 Å². The van der Waals surface area contributed by atoms with Gasteiger partial charge in [0.1, 0.15) is 0 Å². The van der Waals surface area contributed by atoms with Crippen LogP contribution in [0.1, 0.15) is 96.8 Å². The predicted octanol–water partition coefficient (Wildman–Crippen LogP) is 3.83. The lowest BCUT2D eigenvalue weighted by atomic mass is 10.0. The molecule has 0 fully saturated rings. The summed E-state index contributed by atoms with van der Waals surface area (Å²) in [4.78, 5) is 0. The van der Waals surface area contributed by atoms with Crippen molar-refractivity contribution >= 4 is 7.32 Å². The molecule has 5 nitrogen and oxygen atoms in total. The first-order chi connectivity index (χ1) is 12.2. The summed E-state index contributed by atoms with van der Waals surface area (Å²) in [7, 11) is -1.32. The van der Waals surface area contributed by atoms with Gasteiger partial charge in [-0.05, 0) is 6.42 Å². The Hall–Kier alpha value is -0.135. The smallest absolute Gasteiger partial charge is 0.402 e. The van der Waals surface area contributed by atoms with Crippen molar-refractivity contribution in [3.63, 3.8) is 0 Å². The molecule has 1 unspecified atom stereocenters. The van der Waals surface area contributed by atoms with E-state index in [9.17, 15) is 5.02 Å². The SMILES string of the molecule is CCCCCCCCCCCCCCCCOB(O)OCC(O)CO. The Morgan fingerprint density at radius 1 is 0.720 bits per heavy atom. The monoisotopic (exact) mass is 360 g/mol. The highest BCUT2D eigenvalue weighted by Crippen LogP contribution is 2.12. The van der Waals surface area contributed by atoms with Gasteiger partial charge in [-0.25, -0.2) is 0 Å². The molecule has 0 radical (unpaired) electrons. The third-order valence-corrected chi connectivity index (χ3v) is 4.40. The van der Waals surface area contributed by atoms with E-state index in [0.29, 0.717) is 6.61 Å². The Bertz CT molecular complexity index is 256. The average Bonchev–Trinajstić information content (AvgIpc) is 2.62. The molecule has 0 aliphatic heterocycles. The van der Waals surface area contributed by atoms with Gasteiger partial charge in [-0.1, -0.05) is 90.4 Å². The molecule has 150 valence electrons. The van der Waals surface area contributed by atoms with E-state index >= 15 is 0 Å². The second-order valence-corrected chi connectivity index (χ2v) is 6.94. The number of hydrogen-bond donors (Lipinski definition) is 3. The molecular formula is C19H41BO5. The summed E-state index contributed by atoms with van der Waals surface area (Å²) in [6, 6.07) is 0. The van der Waals surface area contributed by atoms with Crippen LogP contribution in [0.5, 0.6) is 0 Å². The van der Waals surface area contributed by atoms with Crippen molar-refractivity contribution in [2.75, 3.05) is 19.8 Å². The van der Waals surface area contributed by atoms with E-state index in [4.69, 9.17) is 19.5 Å². The second kappa shape index (κ2) is 20.2. The first-order valence-electron chi connectivity index (χ1n) is 10.4. The van der Waals surface area contributed by atoms with Crippen LogP contribution in [0.3, 0.4) is 0 Å². The zero-order valence-corrected chi connectivity index (χ0v) is 16.3. The summed E-state index contributed by atoms with van der Waals surface area (Å²) in [6.07, 6.45) is 17.3. The fourth-order valence-corrected chi connectivity index (χ4v) is 2.77. The van der Waals surface area contributed by atoms with Gasteiger partial charge in [0, 0.05) is 6.61 Å². The van der Waals surface area contributed by atoms with Gasteiger partial charge in [-0.15, -0.1) is 0 Å². The molecule has 0 aliphatic carbocycles. The van der Waals surface area contributed by atoms with Crippen molar-refractivity contribution in [2.45, 2.75) is 103 Å². The predicted molar refractivity (Wildman–Crippen MR) is 103 cm³/mol. The number of rotatable bonds is 20. The molecule has 25 heavy (non-hydrogen) atoms. The van der Waals surface area contributed by atoms with E-state index in [0.717, 1.165) is 12.8 Å². The fraction of sp³-hybridized carbons (Fsp3) is 1.00.